The summed E-state index contributed by atoms with van der Waals surface area (Å²) in [5.74, 6) is -1.36. The molecule has 3 rings (SSSR count). The van der Waals surface area contributed by atoms with Crippen molar-refractivity contribution in [2.45, 2.75) is 38.6 Å². The first-order valence-corrected chi connectivity index (χ1v) is 8.33. The monoisotopic (exact) mass is 344 g/mol. The van der Waals surface area contributed by atoms with Gasteiger partial charge in [-0.2, -0.15) is 0 Å². The molecule has 1 aromatic heterocycles. The third-order valence-electron chi connectivity index (χ3n) is 4.48. The van der Waals surface area contributed by atoms with Crippen molar-refractivity contribution < 1.29 is 19.1 Å². The maximum Gasteiger partial charge on any atom is 0.331 e. The number of carbonyl (C=O) groups excluding carboxylic acids is 2. The standard InChI is InChI=1S/C18H20N2O5/c1-4-24-16(22)18(17(23)25-5-2)10-11(3)20-14(21)12-8-6-7-9-13(12)19-15(18)20/h6-9,11H,4-5,10H2,1-3H3. The van der Waals surface area contributed by atoms with Gasteiger partial charge in [-0.05, 0) is 32.9 Å². The van der Waals surface area contributed by atoms with Crippen LogP contribution in [0.25, 0.3) is 10.9 Å². The van der Waals surface area contributed by atoms with E-state index in [2.05, 4.69) is 4.98 Å². The second-order valence-corrected chi connectivity index (χ2v) is 6.03. The third kappa shape index (κ3) is 2.42. The van der Waals surface area contributed by atoms with Gasteiger partial charge in [-0.1, -0.05) is 12.1 Å². The Morgan fingerprint density at radius 3 is 2.40 bits per heavy atom. The normalized spacial score (nSPS) is 18.0. The number of nitrogens with zero attached hydrogens (tertiary/aromatic N) is 2. The molecule has 0 amide bonds. The number of carbonyl (C=O) groups is 2. The molecule has 2 aromatic rings. The molecule has 0 N–H and O–H groups in total. The number of rotatable bonds is 4. The molecule has 0 spiro atoms. The number of hydrogen-bond donors (Lipinski definition) is 0. The minimum absolute atomic E-state index is 0.0865. The summed E-state index contributed by atoms with van der Waals surface area (Å²) >= 11 is 0. The molecule has 7 nitrogen and oxygen atoms in total. The first kappa shape index (κ1) is 17.1. The highest BCUT2D eigenvalue weighted by molar-refractivity contribution is 6.06. The maximum absolute atomic E-state index is 12.9. The zero-order valence-electron chi connectivity index (χ0n) is 14.4. The van der Waals surface area contributed by atoms with Gasteiger partial charge in [0.1, 0.15) is 5.82 Å². The van der Waals surface area contributed by atoms with Gasteiger partial charge in [0.25, 0.3) is 5.56 Å². The topological polar surface area (TPSA) is 87.5 Å². The second-order valence-electron chi connectivity index (χ2n) is 6.03. The lowest BCUT2D eigenvalue weighted by atomic mass is 9.84. The van der Waals surface area contributed by atoms with E-state index in [-0.39, 0.29) is 37.1 Å². The lowest BCUT2D eigenvalue weighted by Gasteiger charge is -2.23. The quantitative estimate of drug-likeness (QED) is 0.620. The second kappa shape index (κ2) is 6.31. The summed E-state index contributed by atoms with van der Waals surface area (Å²) in [6.45, 7) is 5.34. The number of ether oxygens (including phenoxy) is 2. The third-order valence-corrected chi connectivity index (χ3v) is 4.48. The SMILES string of the molecule is CCOC(=O)C1(C(=O)OCC)CC(C)n2c1nc1ccccc1c2=O. The Bertz CT molecular complexity index is 884. The van der Waals surface area contributed by atoms with Crippen LogP contribution >= 0.6 is 0 Å². The molecule has 2 heterocycles. The lowest BCUT2D eigenvalue weighted by molar-refractivity contribution is -0.165. The molecule has 25 heavy (non-hydrogen) atoms. The van der Waals surface area contributed by atoms with Crippen LogP contribution in [-0.4, -0.2) is 34.7 Å². The number of para-hydroxylation sites is 1. The number of hydrogen-bond acceptors (Lipinski definition) is 6. The predicted octanol–water partition coefficient (Wildman–Crippen LogP) is 1.73. The molecule has 1 aliphatic rings. The highest BCUT2D eigenvalue weighted by atomic mass is 16.6. The number of benzene rings is 1. The average molecular weight is 344 g/mol. The van der Waals surface area contributed by atoms with Crippen LogP contribution in [-0.2, 0) is 24.5 Å². The van der Waals surface area contributed by atoms with Crippen LogP contribution < -0.4 is 5.56 Å². The maximum atomic E-state index is 12.9. The van der Waals surface area contributed by atoms with E-state index >= 15 is 0 Å². The fourth-order valence-corrected chi connectivity index (χ4v) is 3.42. The molecule has 1 aromatic carbocycles. The number of fused-ring (bicyclic) bond motifs is 2. The van der Waals surface area contributed by atoms with Gasteiger partial charge in [-0.3, -0.25) is 19.0 Å². The fourth-order valence-electron chi connectivity index (χ4n) is 3.42. The van der Waals surface area contributed by atoms with E-state index in [1.807, 2.05) is 0 Å². The zero-order chi connectivity index (χ0) is 18.2. The summed E-state index contributed by atoms with van der Waals surface area (Å²) in [6, 6.07) is 6.48. The summed E-state index contributed by atoms with van der Waals surface area (Å²) in [6.07, 6.45) is 0.0865. The fraction of sp³-hybridized carbons (Fsp3) is 0.444. The van der Waals surface area contributed by atoms with Gasteiger partial charge in [0.2, 0.25) is 5.41 Å². The van der Waals surface area contributed by atoms with E-state index in [1.54, 1.807) is 45.0 Å². The van der Waals surface area contributed by atoms with Gasteiger partial charge in [0, 0.05) is 12.5 Å². The van der Waals surface area contributed by atoms with Crippen LogP contribution in [0.5, 0.6) is 0 Å². The van der Waals surface area contributed by atoms with E-state index in [0.29, 0.717) is 10.9 Å². The summed E-state index contributed by atoms with van der Waals surface area (Å²) in [7, 11) is 0. The largest absolute Gasteiger partial charge is 0.465 e. The number of aromatic nitrogens is 2. The van der Waals surface area contributed by atoms with Crippen molar-refractivity contribution in [1.82, 2.24) is 9.55 Å². The van der Waals surface area contributed by atoms with Crippen molar-refractivity contribution in [3.8, 4) is 0 Å². The molecule has 1 aliphatic heterocycles. The van der Waals surface area contributed by atoms with E-state index in [1.165, 1.54) is 4.57 Å². The minimum atomic E-state index is -1.71. The molecule has 132 valence electrons. The van der Waals surface area contributed by atoms with Crippen LogP contribution in [0.3, 0.4) is 0 Å². The highest BCUT2D eigenvalue weighted by Crippen LogP contribution is 2.41. The molecular formula is C18H20N2O5. The van der Waals surface area contributed by atoms with Crippen molar-refractivity contribution in [3.63, 3.8) is 0 Å². The van der Waals surface area contributed by atoms with Crippen molar-refractivity contribution in [3.05, 3.63) is 40.4 Å². The van der Waals surface area contributed by atoms with Gasteiger partial charge in [0.05, 0.1) is 24.1 Å². The van der Waals surface area contributed by atoms with Crippen LogP contribution in [0.15, 0.2) is 29.1 Å². The van der Waals surface area contributed by atoms with Crippen molar-refractivity contribution in [1.29, 1.82) is 0 Å². The highest BCUT2D eigenvalue weighted by Gasteiger charge is 2.59. The zero-order valence-corrected chi connectivity index (χ0v) is 14.4. The lowest BCUT2D eigenvalue weighted by Crippen LogP contribution is -2.46. The molecule has 1 atom stereocenters. The molecule has 0 bridgehead atoms. The number of esters is 2. The average Bonchev–Trinajstić information content (AvgIpc) is 2.89. The van der Waals surface area contributed by atoms with Gasteiger partial charge in [-0.15, -0.1) is 0 Å². The van der Waals surface area contributed by atoms with Gasteiger partial charge in [-0.25, -0.2) is 4.98 Å². The summed E-state index contributed by atoms with van der Waals surface area (Å²) in [4.78, 5) is 42.9. The van der Waals surface area contributed by atoms with Crippen LogP contribution in [0.4, 0.5) is 0 Å². The Balaban J connectivity index is 2.33. The first-order chi connectivity index (χ1) is 12.0. The Hall–Kier alpha value is -2.70. The first-order valence-electron chi connectivity index (χ1n) is 8.33. The molecule has 0 radical (unpaired) electrons. The molecule has 0 fully saturated rings. The predicted molar refractivity (Wildman–Crippen MR) is 90.3 cm³/mol. The van der Waals surface area contributed by atoms with Gasteiger partial charge < -0.3 is 9.47 Å². The van der Waals surface area contributed by atoms with Gasteiger partial charge >= 0.3 is 11.9 Å². The van der Waals surface area contributed by atoms with E-state index in [9.17, 15) is 14.4 Å². The van der Waals surface area contributed by atoms with E-state index in [0.717, 1.165) is 0 Å². The summed E-state index contributed by atoms with van der Waals surface area (Å²) in [5, 5.41) is 0.446. The van der Waals surface area contributed by atoms with Crippen molar-refractivity contribution >= 4 is 22.8 Å². The van der Waals surface area contributed by atoms with Crippen molar-refractivity contribution in [2.75, 3.05) is 13.2 Å². The molecule has 0 aliphatic carbocycles. The molecular weight excluding hydrogens is 324 g/mol. The Labute approximate surface area is 144 Å². The summed E-state index contributed by atoms with van der Waals surface area (Å²) < 4.78 is 11.7. The Morgan fingerprint density at radius 2 is 1.80 bits per heavy atom. The Morgan fingerprint density at radius 1 is 1.20 bits per heavy atom. The molecule has 7 heteroatoms. The molecule has 1 unspecified atom stereocenters. The van der Waals surface area contributed by atoms with Crippen molar-refractivity contribution in [2.24, 2.45) is 0 Å². The van der Waals surface area contributed by atoms with Crippen LogP contribution in [0.2, 0.25) is 0 Å². The van der Waals surface area contributed by atoms with Crippen LogP contribution in [0.1, 0.15) is 39.1 Å². The minimum Gasteiger partial charge on any atom is -0.465 e. The summed E-state index contributed by atoms with van der Waals surface area (Å²) in [5.41, 5.74) is -1.55. The van der Waals surface area contributed by atoms with Crippen LogP contribution in [0, 0.1) is 0 Å². The smallest absolute Gasteiger partial charge is 0.331 e. The van der Waals surface area contributed by atoms with Gasteiger partial charge in [0.15, 0.2) is 0 Å². The van der Waals surface area contributed by atoms with E-state index < -0.39 is 17.4 Å². The molecule has 0 saturated heterocycles. The van der Waals surface area contributed by atoms with E-state index in [4.69, 9.17) is 9.47 Å². The Kier molecular flexibility index (Phi) is 4.32. The molecule has 0 saturated carbocycles.